The first-order valence-corrected chi connectivity index (χ1v) is 16.3. The Kier molecular flexibility index (Phi) is 10.6. The zero-order valence-corrected chi connectivity index (χ0v) is 27.1. The van der Waals surface area contributed by atoms with Crippen LogP contribution in [0.15, 0.2) is 64.6 Å². The van der Waals surface area contributed by atoms with Crippen molar-refractivity contribution in [3.63, 3.8) is 0 Å². The van der Waals surface area contributed by atoms with Gasteiger partial charge in [-0.05, 0) is 43.0 Å². The lowest BCUT2D eigenvalue weighted by Crippen LogP contribution is -2.57. The van der Waals surface area contributed by atoms with E-state index in [1.54, 1.807) is 23.7 Å². The van der Waals surface area contributed by atoms with Crippen molar-refractivity contribution in [2.75, 3.05) is 13.1 Å². The van der Waals surface area contributed by atoms with Crippen molar-refractivity contribution in [1.29, 1.82) is 0 Å². The van der Waals surface area contributed by atoms with Gasteiger partial charge in [0.15, 0.2) is 11.5 Å². The number of carbonyl (C=O) groups is 5. The summed E-state index contributed by atoms with van der Waals surface area (Å²) < 4.78 is 6.26. The minimum Gasteiger partial charge on any atom is -0.359 e. The predicted octanol–water partition coefficient (Wildman–Crippen LogP) is 2.43. The lowest BCUT2D eigenvalue weighted by Gasteiger charge is -2.26. The number of amides is 5. The van der Waals surface area contributed by atoms with Crippen molar-refractivity contribution in [1.82, 2.24) is 36.3 Å². The summed E-state index contributed by atoms with van der Waals surface area (Å²) in [5.74, 6) is -2.28. The number of thiazole rings is 1. The molecule has 3 heterocycles. The van der Waals surface area contributed by atoms with E-state index in [2.05, 4.69) is 31.4 Å². The number of benzene rings is 2. The van der Waals surface area contributed by atoms with E-state index in [1.165, 1.54) is 29.2 Å². The Balaban J connectivity index is 1.44. The molecule has 246 valence electrons. The molecule has 14 heteroatoms. The van der Waals surface area contributed by atoms with Crippen molar-refractivity contribution in [2.24, 2.45) is 5.92 Å². The Morgan fingerprint density at radius 1 is 0.979 bits per heavy atom. The van der Waals surface area contributed by atoms with Gasteiger partial charge in [-0.25, -0.2) is 4.98 Å². The Morgan fingerprint density at radius 3 is 2.51 bits per heavy atom. The molecule has 4 N–H and O–H groups in total. The Bertz CT molecular complexity index is 1750. The molecule has 1 aliphatic heterocycles. The molecule has 5 rings (SSSR count). The SMILES string of the molecule is CC(C)C[C@H]1NC(=O)[C@@H](C)NC(=O)c2cc(on2)CN(C(=O)c2ccc3ncsc3c2)CCNC(=O)[C@@H](Cc2ccccc2)NC1=O. The second-order valence-electron chi connectivity index (χ2n) is 11.9. The number of rotatable bonds is 5. The molecule has 0 aliphatic carbocycles. The van der Waals surface area contributed by atoms with Crippen molar-refractivity contribution in [3.8, 4) is 0 Å². The van der Waals surface area contributed by atoms with Gasteiger partial charge in [0.2, 0.25) is 17.7 Å². The summed E-state index contributed by atoms with van der Waals surface area (Å²) in [5, 5.41) is 14.9. The van der Waals surface area contributed by atoms with Crippen LogP contribution in [0, 0.1) is 5.92 Å². The molecule has 2 aromatic carbocycles. The Hall–Kier alpha value is -5.11. The Labute approximate surface area is 275 Å². The maximum atomic E-state index is 13.8. The van der Waals surface area contributed by atoms with Gasteiger partial charge in [-0.1, -0.05) is 49.3 Å². The van der Waals surface area contributed by atoms with E-state index in [0.29, 0.717) is 12.0 Å². The average Bonchev–Trinajstić information content (AvgIpc) is 3.72. The van der Waals surface area contributed by atoms with Crippen LogP contribution in [0.2, 0.25) is 0 Å². The average molecular weight is 660 g/mol. The third-order valence-corrected chi connectivity index (χ3v) is 8.47. The van der Waals surface area contributed by atoms with Crippen molar-refractivity contribution < 1.29 is 28.5 Å². The number of hydrogen-bond donors (Lipinski definition) is 4. The molecule has 4 aromatic rings. The van der Waals surface area contributed by atoms with Crippen molar-refractivity contribution in [3.05, 3.63) is 82.7 Å². The van der Waals surface area contributed by atoms with Crippen LogP contribution in [-0.4, -0.2) is 75.8 Å². The standard InChI is InChI=1S/C33H37N7O6S/c1-19(2)13-25-31(43)38-26(14-21-7-5-4-6-8-21)30(42)34-11-12-40(33(45)22-9-10-24-28(15-22)47-18-35-24)17-23-16-27(39-46-23)32(44)36-20(3)29(41)37-25/h4-10,15-16,18-20,25-26H,11-14,17H2,1-3H3,(H,34,42)(H,36,44)(H,37,41)(H,38,43)/t20-,25-,26-/m1/s1. The van der Waals surface area contributed by atoms with E-state index in [-0.39, 0.29) is 49.3 Å². The molecular formula is C33H37N7O6S. The summed E-state index contributed by atoms with van der Waals surface area (Å²) in [5.41, 5.74) is 3.64. The molecule has 0 radical (unpaired) electrons. The van der Waals surface area contributed by atoms with Crippen molar-refractivity contribution in [2.45, 2.75) is 58.3 Å². The van der Waals surface area contributed by atoms with Crippen molar-refractivity contribution >= 4 is 51.1 Å². The fraction of sp³-hybridized carbons (Fsp3) is 0.364. The van der Waals surface area contributed by atoms with Crippen LogP contribution in [0.3, 0.4) is 0 Å². The van der Waals surface area contributed by atoms with Crippen LogP contribution in [0.25, 0.3) is 10.2 Å². The van der Waals surface area contributed by atoms with Gasteiger partial charge >= 0.3 is 0 Å². The minimum atomic E-state index is -1.02. The van der Waals surface area contributed by atoms with E-state index >= 15 is 0 Å². The highest BCUT2D eigenvalue weighted by atomic mass is 32.1. The number of fused-ring (bicyclic) bond motifs is 3. The summed E-state index contributed by atoms with van der Waals surface area (Å²) in [7, 11) is 0. The smallest absolute Gasteiger partial charge is 0.274 e. The highest BCUT2D eigenvalue weighted by Crippen LogP contribution is 2.21. The molecule has 0 unspecified atom stereocenters. The minimum absolute atomic E-state index is 0.0315. The number of nitrogens with one attached hydrogen (secondary N) is 4. The first-order valence-electron chi connectivity index (χ1n) is 15.4. The van der Waals surface area contributed by atoms with Crippen LogP contribution >= 0.6 is 11.3 Å². The topological polar surface area (TPSA) is 176 Å². The van der Waals surface area contributed by atoms with Gasteiger partial charge in [0, 0.05) is 31.1 Å². The fourth-order valence-corrected chi connectivity index (χ4v) is 5.93. The van der Waals surface area contributed by atoms with Gasteiger partial charge in [0.05, 0.1) is 22.3 Å². The molecule has 13 nitrogen and oxygen atoms in total. The largest absolute Gasteiger partial charge is 0.359 e. The molecule has 0 fully saturated rings. The third kappa shape index (κ3) is 8.58. The van der Waals surface area contributed by atoms with Crippen LogP contribution in [0.5, 0.6) is 0 Å². The molecule has 1 aliphatic rings. The summed E-state index contributed by atoms with van der Waals surface area (Å²) >= 11 is 1.41. The predicted molar refractivity (Wildman–Crippen MR) is 174 cm³/mol. The molecule has 0 saturated carbocycles. The van der Waals surface area contributed by atoms with Gasteiger partial charge in [0.1, 0.15) is 18.1 Å². The zero-order chi connectivity index (χ0) is 33.5. The van der Waals surface area contributed by atoms with Crippen LogP contribution in [0.1, 0.15) is 59.4 Å². The molecule has 0 saturated heterocycles. The van der Waals surface area contributed by atoms with E-state index in [0.717, 1.165) is 15.8 Å². The second-order valence-corrected chi connectivity index (χ2v) is 12.8. The summed E-state index contributed by atoms with van der Waals surface area (Å²) in [6.07, 6.45) is 0.501. The van der Waals surface area contributed by atoms with Gasteiger partial charge in [-0.15, -0.1) is 11.3 Å². The lowest BCUT2D eigenvalue weighted by atomic mass is 10.0. The summed E-state index contributed by atoms with van der Waals surface area (Å²) in [6.45, 7) is 5.40. The highest BCUT2D eigenvalue weighted by Gasteiger charge is 2.30. The third-order valence-electron chi connectivity index (χ3n) is 7.68. The van der Waals surface area contributed by atoms with E-state index in [9.17, 15) is 24.0 Å². The molecule has 0 spiro atoms. The Morgan fingerprint density at radius 2 is 1.74 bits per heavy atom. The monoisotopic (exact) mass is 659 g/mol. The maximum Gasteiger partial charge on any atom is 0.274 e. The van der Waals surface area contributed by atoms with E-state index < -0.39 is 41.8 Å². The molecule has 3 atom stereocenters. The van der Waals surface area contributed by atoms with Crippen LogP contribution in [-0.2, 0) is 27.3 Å². The van der Waals surface area contributed by atoms with Crippen LogP contribution < -0.4 is 21.3 Å². The number of hydrogen-bond acceptors (Lipinski definition) is 9. The molecule has 2 aromatic heterocycles. The molecule has 2 bridgehead atoms. The van der Waals surface area contributed by atoms with Gasteiger partial charge < -0.3 is 30.7 Å². The van der Waals surface area contributed by atoms with Gasteiger partial charge in [-0.2, -0.15) is 0 Å². The number of nitrogens with zero attached hydrogens (tertiary/aromatic N) is 3. The quantitative estimate of drug-likeness (QED) is 0.253. The van der Waals surface area contributed by atoms with Gasteiger partial charge in [0.25, 0.3) is 11.8 Å². The highest BCUT2D eigenvalue weighted by molar-refractivity contribution is 7.16. The number of carbonyl (C=O) groups excluding carboxylic acids is 5. The first kappa shape index (κ1) is 33.3. The number of aromatic nitrogens is 2. The van der Waals surface area contributed by atoms with Crippen LogP contribution in [0.4, 0.5) is 0 Å². The summed E-state index contributed by atoms with van der Waals surface area (Å²) in [6, 6.07) is 12.9. The first-order chi connectivity index (χ1) is 22.6. The molecule has 47 heavy (non-hydrogen) atoms. The maximum absolute atomic E-state index is 13.8. The lowest BCUT2D eigenvalue weighted by molar-refractivity contribution is -0.132. The summed E-state index contributed by atoms with van der Waals surface area (Å²) in [4.78, 5) is 72.8. The fourth-order valence-electron chi connectivity index (χ4n) is 5.21. The molecular weight excluding hydrogens is 622 g/mol. The normalized spacial score (nSPS) is 20.2. The molecule has 5 amide bonds. The van der Waals surface area contributed by atoms with E-state index in [1.807, 2.05) is 44.2 Å². The zero-order valence-electron chi connectivity index (χ0n) is 26.3. The van der Waals surface area contributed by atoms with Gasteiger partial charge in [-0.3, -0.25) is 24.0 Å². The second kappa shape index (κ2) is 15.0. The van der Waals surface area contributed by atoms with E-state index in [4.69, 9.17) is 4.52 Å².